The lowest BCUT2D eigenvalue weighted by molar-refractivity contribution is -0.200. The maximum Gasteiger partial charge on any atom is 0.0129 e. The number of piperidine rings is 3. The van der Waals surface area contributed by atoms with E-state index < -0.39 is 0 Å². The number of hydrogen-bond acceptors (Lipinski definition) is 1. The quantitative estimate of drug-likeness (QED) is 0.487. The van der Waals surface area contributed by atoms with Crippen LogP contribution in [0.4, 0.5) is 0 Å². The molecular formula is C9H15N. The van der Waals surface area contributed by atoms with Gasteiger partial charge in [0.05, 0.1) is 0 Å². The molecule has 2 saturated carbocycles. The molecule has 0 spiro atoms. The molecule has 4 rings (SSSR count). The lowest BCUT2D eigenvalue weighted by Gasteiger charge is -2.70. The van der Waals surface area contributed by atoms with Gasteiger partial charge in [-0.25, -0.2) is 0 Å². The molecule has 0 aromatic heterocycles. The SMILES string of the molecule is CC1C2CC3C2CC3N1C. The molecule has 5 unspecified atom stereocenters. The van der Waals surface area contributed by atoms with Crippen molar-refractivity contribution in [2.45, 2.75) is 31.8 Å². The molecule has 4 fully saturated rings. The van der Waals surface area contributed by atoms with Gasteiger partial charge < -0.3 is 4.90 Å². The van der Waals surface area contributed by atoms with E-state index in [0.717, 1.165) is 29.8 Å². The van der Waals surface area contributed by atoms with Gasteiger partial charge in [0.25, 0.3) is 0 Å². The summed E-state index contributed by atoms with van der Waals surface area (Å²) in [4.78, 5) is 2.61. The van der Waals surface area contributed by atoms with Crippen molar-refractivity contribution in [3.8, 4) is 0 Å². The average Bonchev–Trinajstić information content (AvgIpc) is 1.88. The van der Waals surface area contributed by atoms with Gasteiger partial charge in [-0.05, 0) is 44.6 Å². The van der Waals surface area contributed by atoms with Gasteiger partial charge in [0.1, 0.15) is 0 Å². The van der Waals surface area contributed by atoms with Crippen LogP contribution in [0.3, 0.4) is 0 Å². The first kappa shape index (κ1) is 5.59. The molecule has 4 bridgehead atoms. The number of hydrogen-bond donors (Lipinski definition) is 0. The van der Waals surface area contributed by atoms with Gasteiger partial charge in [0.15, 0.2) is 0 Å². The van der Waals surface area contributed by atoms with Crippen molar-refractivity contribution in [2.75, 3.05) is 7.05 Å². The Hall–Kier alpha value is -0.0400. The molecule has 2 saturated heterocycles. The molecule has 0 radical (unpaired) electrons. The molecule has 5 atom stereocenters. The third-order valence-corrected chi connectivity index (χ3v) is 4.44. The molecule has 0 aromatic carbocycles. The lowest BCUT2D eigenvalue weighted by Crippen LogP contribution is -2.72. The van der Waals surface area contributed by atoms with Gasteiger partial charge in [-0.15, -0.1) is 0 Å². The van der Waals surface area contributed by atoms with Crippen molar-refractivity contribution in [2.24, 2.45) is 17.8 Å². The fourth-order valence-electron chi connectivity index (χ4n) is 3.46. The Balaban J connectivity index is 1.93. The first-order valence-electron chi connectivity index (χ1n) is 4.51. The zero-order chi connectivity index (χ0) is 6.88. The fourth-order valence-corrected chi connectivity index (χ4v) is 3.46. The van der Waals surface area contributed by atoms with E-state index >= 15 is 0 Å². The van der Waals surface area contributed by atoms with Crippen LogP contribution in [0.15, 0.2) is 0 Å². The Morgan fingerprint density at radius 3 is 2.20 bits per heavy atom. The van der Waals surface area contributed by atoms with Crippen LogP contribution in [0.2, 0.25) is 0 Å². The van der Waals surface area contributed by atoms with E-state index in [0.29, 0.717) is 0 Å². The zero-order valence-corrected chi connectivity index (χ0v) is 6.75. The highest BCUT2D eigenvalue weighted by Gasteiger charge is 2.62. The predicted octanol–water partition coefficient (Wildman–Crippen LogP) is 1.34. The highest BCUT2D eigenvalue weighted by molar-refractivity contribution is 5.14. The number of rotatable bonds is 0. The molecular weight excluding hydrogens is 122 g/mol. The van der Waals surface area contributed by atoms with Gasteiger partial charge in [-0.3, -0.25) is 0 Å². The molecule has 2 heterocycles. The standard InChI is InChI=1S/C9H15N/c1-5-6-3-8-7(6)4-9(8)10(5)2/h5-9H,3-4H2,1-2H3. The highest BCUT2D eigenvalue weighted by Crippen LogP contribution is 2.62. The topological polar surface area (TPSA) is 3.24 Å². The van der Waals surface area contributed by atoms with Crippen LogP contribution in [0.1, 0.15) is 19.8 Å². The molecule has 0 amide bonds. The summed E-state index contributed by atoms with van der Waals surface area (Å²) in [5, 5.41) is 0. The Kier molecular flexibility index (Phi) is 0.797. The van der Waals surface area contributed by atoms with Crippen LogP contribution in [-0.4, -0.2) is 24.0 Å². The Bertz CT molecular complexity index is 154. The highest BCUT2D eigenvalue weighted by atomic mass is 15.2. The average molecular weight is 137 g/mol. The summed E-state index contributed by atoms with van der Waals surface area (Å²) in [6, 6.07) is 1.89. The van der Waals surface area contributed by atoms with Gasteiger partial charge in [0, 0.05) is 12.1 Å². The number of fused-ring (bicyclic) bond motifs is 1. The molecule has 0 aromatic rings. The van der Waals surface area contributed by atoms with Crippen LogP contribution in [0, 0.1) is 17.8 Å². The van der Waals surface area contributed by atoms with Crippen molar-refractivity contribution < 1.29 is 0 Å². The monoisotopic (exact) mass is 137 g/mol. The predicted molar refractivity (Wildman–Crippen MR) is 40.7 cm³/mol. The summed E-state index contributed by atoms with van der Waals surface area (Å²) in [6.07, 6.45) is 3.08. The molecule has 0 N–H and O–H groups in total. The minimum absolute atomic E-state index is 0.897. The van der Waals surface area contributed by atoms with Crippen molar-refractivity contribution in [3.05, 3.63) is 0 Å². The molecule has 1 heteroatoms. The number of nitrogens with zero attached hydrogens (tertiary/aromatic N) is 1. The Morgan fingerprint density at radius 2 is 1.90 bits per heavy atom. The van der Waals surface area contributed by atoms with E-state index in [1.165, 1.54) is 6.42 Å². The third-order valence-electron chi connectivity index (χ3n) is 4.44. The van der Waals surface area contributed by atoms with Crippen LogP contribution in [-0.2, 0) is 0 Å². The molecule has 4 aliphatic rings. The summed E-state index contributed by atoms with van der Waals surface area (Å²) >= 11 is 0. The minimum Gasteiger partial charge on any atom is -0.300 e. The van der Waals surface area contributed by atoms with Gasteiger partial charge in [0.2, 0.25) is 0 Å². The summed E-state index contributed by atoms with van der Waals surface area (Å²) in [6.45, 7) is 2.40. The third kappa shape index (κ3) is 0.378. The van der Waals surface area contributed by atoms with E-state index in [2.05, 4.69) is 18.9 Å². The largest absolute Gasteiger partial charge is 0.300 e. The molecule has 2 aliphatic carbocycles. The fraction of sp³-hybridized carbons (Fsp3) is 1.00. The maximum absolute atomic E-state index is 2.61. The second-order valence-corrected chi connectivity index (χ2v) is 4.44. The minimum atomic E-state index is 0.897. The molecule has 1 nitrogen and oxygen atoms in total. The van der Waals surface area contributed by atoms with Crippen molar-refractivity contribution in [3.63, 3.8) is 0 Å². The smallest absolute Gasteiger partial charge is 0.0129 e. The van der Waals surface area contributed by atoms with E-state index in [1.807, 2.05) is 0 Å². The molecule has 56 valence electrons. The van der Waals surface area contributed by atoms with Crippen molar-refractivity contribution in [1.82, 2.24) is 4.90 Å². The molecule has 2 aliphatic heterocycles. The Morgan fingerprint density at radius 1 is 1.10 bits per heavy atom. The van der Waals surface area contributed by atoms with Crippen molar-refractivity contribution in [1.29, 1.82) is 0 Å². The summed E-state index contributed by atoms with van der Waals surface area (Å²) in [7, 11) is 2.31. The normalized spacial score (nSPS) is 64.8. The van der Waals surface area contributed by atoms with Gasteiger partial charge >= 0.3 is 0 Å². The van der Waals surface area contributed by atoms with E-state index in [4.69, 9.17) is 0 Å². The second-order valence-electron chi connectivity index (χ2n) is 4.44. The van der Waals surface area contributed by atoms with Crippen molar-refractivity contribution >= 4 is 0 Å². The summed E-state index contributed by atoms with van der Waals surface area (Å²) in [5.74, 6) is 3.38. The van der Waals surface area contributed by atoms with Crippen LogP contribution in [0.5, 0.6) is 0 Å². The zero-order valence-electron chi connectivity index (χ0n) is 6.75. The van der Waals surface area contributed by atoms with E-state index in [9.17, 15) is 0 Å². The van der Waals surface area contributed by atoms with Crippen LogP contribution < -0.4 is 0 Å². The van der Waals surface area contributed by atoms with Gasteiger partial charge in [-0.2, -0.15) is 0 Å². The first-order valence-corrected chi connectivity index (χ1v) is 4.51. The molecule has 10 heavy (non-hydrogen) atoms. The lowest BCUT2D eigenvalue weighted by atomic mass is 9.45. The summed E-state index contributed by atoms with van der Waals surface area (Å²) in [5.41, 5.74) is 0. The second kappa shape index (κ2) is 1.42. The summed E-state index contributed by atoms with van der Waals surface area (Å²) < 4.78 is 0. The maximum atomic E-state index is 2.61. The van der Waals surface area contributed by atoms with Gasteiger partial charge in [-0.1, -0.05) is 0 Å². The van der Waals surface area contributed by atoms with Crippen LogP contribution in [0.25, 0.3) is 0 Å². The van der Waals surface area contributed by atoms with E-state index in [1.54, 1.807) is 6.42 Å². The Labute approximate surface area is 62.4 Å². The van der Waals surface area contributed by atoms with Crippen LogP contribution >= 0.6 is 0 Å². The van der Waals surface area contributed by atoms with E-state index in [-0.39, 0.29) is 0 Å². The first-order chi connectivity index (χ1) is 4.79.